The van der Waals surface area contributed by atoms with Gasteiger partial charge in [0.25, 0.3) is 0 Å². The fourth-order valence-electron chi connectivity index (χ4n) is 2.24. The molecule has 1 unspecified atom stereocenters. The summed E-state index contributed by atoms with van der Waals surface area (Å²) in [5.41, 5.74) is 0.369. The third-order valence-corrected chi connectivity index (χ3v) is 2.93. The van der Waals surface area contributed by atoms with Gasteiger partial charge in [0.2, 0.25) is 5.91 Å². The molecule has 0 heterocycles. The minimum atomic E-state index is 0.260. The molecule has 1 rings (SSSR count). The van der Waals surface area contributed by atoms with E-state index >= 15 is 0 Å². The lowest BCUT2D eigenvalue weighted by Crippen LogP contribution is -2.35. The van der Waals surface area contributed by atoms with Gasteiger partial charge in [-0.15, -0.1) is 0 Å². The highest BCUT2D eigenvalue weighted by atomic mass is 16.1. The fourth-order valence-corrected chi connectivity index (χ4v) is 2.24. The Bertz CT molecular complexity index is 199. The molecule has 1 N–H and O–H groups in total. The number of nitrogens with one attached hydrogen (secondary N) is 1. The maximum atomic E-state index is 11.6. The summed E-state index contributed by atoms with van der Waals surface area (Å²) < 4.78 is 0. The summed E-state index contributed by atoms with van der Waals surface area (Å²) in [4.78, 5) is 11.6. The number of carbonyl (C=O) groups is 1. The van der Waals surface area contributed by atoms with Gasteiger partial charge in [-0.1, -0.05) is 40.5 Å². The smallest absolute Gasteiger partial charge is 0.223 e. The molecule has 1 atom stereocenters. The van der Waals surface area contributed by atoms with E-state index in [1.807, 2.05) is 6.92 Å². The summed E-state index contributed by atoms with van der Waals surface area (Å²) in [5.74, 6) is 0.527. The van der Waals surface area contributed by atoms with Crippen LogP contribution in [0.15, 0.2) is 0 Å². The van der Waals surface area contributed by atoms with Gasteiger partial charge in [-0.2, -0.15) is 0 Å². The highest BCUT2D eigenvalue weighted by Crippen LogP contribution is 2.38. The average Bonchev–Trinajstić information content (AvgIpc) is 2.17. The van der Waals surface area contributed by atoms with Crippen molar-refractivity contribution in [3.8, 4) is 0 Å². The molecular weight excluding hydrogens is 198 g/mol. The van der Waals surface area contributed by atoms with Crippen LogP contribution < -0.4 is 5.32 Å². The Labute approximate surface area is 101 Å². The van der Waals surface area contributed by atoms with Gasteiger partial charge in [-0.05, 0) is 31.6 Å². The summed E-state index contributed by atoms with van der Waals surface area (Å²) in [6.07, 6.45) is 5.85. The van der Waals surface area contributed by atoms with Crippen LogP contribution in [0.4, 0.5) is 0 Å². The third kappa shape index (κ3) is 6.14. The summed E-state index contributed by atoms with van der Waals surface area (Å²) in [6, 6.07) is 0. The first-order valence-electron chi connectivity index (χ1n) is 6.74. The van der Waals surface area contributed by atoms with E-state index in [1.165, 1.54) is 19.3 Å². The molecule has 1 saturated carbocycles. The van der Waals surface area contributed by atoms with Crippen molar-refractivity contribution in [2.45, 2.75) is 66.7 Å². The quantitative estimate of drug-likeness (QED) is 0.764. The molecule has 1 aliphatic rings. The normalized spacial score (nSPS) is 22.9. The first-order valence-corrected chi connectivity index (χ1v) is 6.74. The highest BCUT2D eigenvalue weighted by Gasteiger charge is 2.31. The molecule has 2 nitrogen and oxygen atoms in total. The zero-order chi connectivity index (χ0) is 12.6. The maximum absolute atomic E-state index is 11.6. The van der Waals surface area contributed by atoms with E-state index in [0.717, 1.165) is 19.4 Å². The molecule has 0 aromatic heterocycles. The Morgan fingerprint density at radius 1 is 1.31 bits per heavy atom. The molecule has 1 amide bonds. The van der Waals surface area contributed by atoms with E-state index in [9.17, 15) is 4.79 Å². The lowest BCUT2D eigenvalue weighted by atomic mass is 9.72. The molecule has 16 heavy (non-hydrogen) atoms. The third-order valence-electron chi connectivity index (χ3n) is 2.93. The Kier molecular flexibility index (Phi) is 7.44. The molecule has 96 valence electrons. The second-order valence-electron chi connectivity index (χ2n) is 5.56. The van der Waals surface area contributed by atoms with Gasteiger partial charge in [0, 0.05) is 12.5 Å². The van der Waals surface area contributed by atoms with Gasteiger partial charge >= 0.3 is 0 Å². The van der Waals surface area contributed by atoms with Crippen LogP contribution in [0.1, 0.15) is 66.7 Å². The zero-order valence-electron chi connectivity index (χ0n) is 11.7. The summed E-state index contributed by atoms with van der Waals surface area (Å²) in [5, 5.41) is 2.91. The monoisotopic (exact) mass is 227 g/mol. The minimum absolute atomic E-state index is 0.260. The Balaban J connectivity index is 0.000000673. The van der Waals surface area contributed by atoms with Crippen LogP contribution in [0.5, 0.6) is 0 Å². The van der Waals surface area contributed by atoms with Crippen LogP contribution in [0.25, 0.3) is 0 Å². The second-order valence-corrected chi connectivity index (χ2v) is 5.56. The average molecular weight is 227 g/mol. The zero-order valence-corrected chi connectivity index (χ0v) is 11.7. The minimum Gasteiger partial charge on any atom is -0.356 e. The van der Waals surface area contributed by atoms with Crippen molar-refractivity contribution in [1.29, 1.82) is 0 Å². The van der Waals surface area contributed by atoms with Crippen molar-refractivity contribution < 1.29 is 4.79 Å². The summed E-state index contributed by atoms with van der Waals surface area (Å²) in [7, 11) is 0. The molecule has 0 saturated heterocycles. The second kappa shape index (κ2) is 7.70. The van der Waals surface area contributed by atoms with Crippen molar-refractivity contribution in [3.63, 3.8) is 0 Å². The fraction of sp³-hybridized carbons (Fsp3) is 0.929. The number of amides is 1. The molecule has 0 aliphatic heterocycles. The van der Waals surface area contributed by atoms with Gasteiger partial charge in [0.15, 0.2) is 0 Å². The Morgan fingerprint density at radius 3 is 2.31 bits per heavy atom. The van der Waals surface area contributed by atoms with Gasteiger partial charge in [0.1, 0.15) is 0 Å². The largest absolute Gasteiger partial charge is 0.356 e. The van der Waals surface area contributed by atoms with Crippen molar-refractivity contribution in [1.82, 2.24) is 5.32 Å². The molecule has 0 radical (unpaired) electrons. The molecule has 0 spiro atoms. The Morgan fingerprint density at radius 2 is 1.88 bits per heavy atom. The van der Waals surface area contributed by atoms with E-state index in [4.69, 9.17) is 0 Å². The van der Waals surface area contributed by atoms with E-state index in [1.54, 1.807) is 0 Å². The van der Waals surface area contributed by atoms with Crippen molar-refractivity contribution in [2.75, 3.05) is 6.54 Å². The van der Waals surface area contributed by atoms with Crippen molar-refractivity contribution in [2.24, 2.45) is 11.3 Å². The van der Waals surface area contributed by atoms with Crippen LogP contribution in [0, 0.1) is 11.3 Å². The van der Waals surface area contributed by atoms with E-state index < -0.39 is 0 Å². The summed E-state index contributed by atoms with van der Waals surface area (Å²) >= 11 is 0. The molecule has 0 aromatic carbocycles. The predicted molar refractivity (Wildman–Crippen MR) is 70.4 cm³/mol. The van der Waals surface area contributed by atoms with Crippen molar-refractivity contribution in [3.05, 3.63) is 0 Å². The number of rotatable bonds is 2. The maximum Gasteiger partial charge on any atom is 0.223 e. The van der Waals surface area contributed by atoms with E-state index in [-0.39, 0.29) is 11.8 Å². The number of hydrogen-bond donors (Lipinski definition) is 1. The molecule has 0 bridgehead atoms. The van der Waals surface area contributed by atoms with Crippen LogP contribution in [-0.2, 0) is 4.79 Å². The number of hydrogen-bond acceptors (Lipinski definition) is 1. The number of carbonyl (C=O) groups excluding carboxylic acids is 1. The molecular formula is C14H29NO. The van der Waals surface area contributed by atoms with Gasteiger partial charge in [0.05, 0.1) is 0 Å². The summed E-state index contributed by atoms with van der Waals surface area (Å²) in [6.45, 7) is 11.5. The topological polar surface area (TPSA) is 29.1 Å². The van der Waals surface area contributed by atoms with E-state index in [2.05, 4.69) is 33.0 Å². The highest BCUT2D eigenvalue weighted by molar-refractivity contribution is 5.78. The molecule has 0 aromatic rings. The SMILES string of the molecule is CCC.CCNC(=O)C1CCCC(C)(C)C1. The van der Waals surface area contributed by atoms with Gasteiger partial charge < -0.3 is 5.32 Å². The van der Waals surface area contributed by atoms with Crippen LogP contribution in [0.2, 0.25) is 0 Å². The molecule has 1 aliphatic carbocycles. The lowest BCUT2D eigenvalue weighted by molar-refractivity contribution is -0.127. The van der Waals surface area contributed by atoms with Crippen LogP contribution >= 0.6 is 0 Å². The molecule has 1 fully saturated rings. The lowest BCUT2D eigenvalue weighted by Gasteiger charge is -2.34. The first kappa shape index (κ1) is 15.5. The van der Waals surface area contributed by atoms with Crippen LogP contribution in [0.3, 0.4) is 0 Å². The van der Waals surface area contributed by atoms with Gasteiger partial charge in [-0.3, -0.25) is 4.79 Å². The first-order chi connectivity index (χ1) is 7.46. The van der Waals surface area contributed by atoms with E-state index in [0.29, 0.717) is 5.41 Å². The predicted octanol–water partition coefficient (Wildman–Crippen LogP) is 3.76. The van der Waals surface area contributed by atoms with Gasteiger partial charge in [-0.25, -0.2) is 0 Å². The van der Waals surface area contributed by atoms with Crippen molar-refractivity contribution >= 4 is 5.91 Å². The standard InChI is InChI=1S/C11H21NO.C3H8/c1-4-12-10(13)9-6-5-7-11(2,3)8-9;1-3-2/h9H,4-8H2,1-3H3,(H,12,13);3H2,1-2H3. The molecule has 2 heteroatoms. The van der Waals surface area contributed by atoms with Crippen LogP contribution in [-0.4, -0.2) is 12.5 Å². The Hall–Kier alpha value is -0.530.